The number of aryl methyl sites for hydroxylation is 2. The molecule has 168 valence electrons. The predicted molar refractivity (Wildman–Crippen MR) is 124 cm³/mol. The van der Waals surface area contributed by atoms with Crippen LogP contribution in [0.25, 0.3) is 5.76 Å². The highest BCUT2D eigenvalue weighted by molar-refractivity contribution is 6.46. The standard InChI is InChI=1S/C25H27ClN2O4/c1-16-3-4-17(2)20(15-16)23(29)21-22(18-5-7-19(26)8-6-18)28(25(31)24(21)30)10-9-27-11-13-32-14-12-27/h3-8,15,22,29H,9-14H2,1-2H3. The maximum absolute atomic E-state index is 13.2. The third kappa shape index (κ3) is 4.44. The number of aliphatic hydroxyl groups excluding tert-OH is 1. The van der Waals surface area contributed by atoms with E-state index in [0.29, 0.717) is 36.9 Å². The zero-order chi connectivity index (χ0) is 22.8. The Kier molecular flexibility index (Phi) is 6.65. The van der Waals surface area contributed by atoms with Crippen molar-refractivity contribution in [3.63, 3.8) is 0 Å². The molecular weight excluding hydrogens is 428 g/mol. The Bertz CT molecular complexity index is 1060. The minimum Gasteiger partial charge on any atom is -0.507 e. The smallest absolute Gasteiger partial charge is 0.295 e. The fourth-order valence-electron chi connectivity index (χ4n) is 4.31. The number of ketones is 1. The van der Waals surface area contributed by atoms with Gasteiger partial charge in [-0.1, -0.05) is 41.4 Å². The highest BCUT2D eigenvalue weighted by Gasteiger charge is 2.46. The van der Waals surface area contributed by atoms with E-state index in [-0.39, 0.29) is 11.3 Å². The third-order valence-electron chi connectivity index (χ3n) is 6.13. The first-order valence-electron chi connectivity index (χ1n) is 10.8. The lowest BCUT2D eigenvalue weighted by Gasteiger charge is -2.31. The van der Waals surface area contributed by atoms with Gasteiger partial charge in [0.2, 0.25) is 0 Å². The summed E-state index contributed by atoms with van der Waals surface area (Å²) in [6, 6.07) is 12.1. The van der Waals surface area contributed by atoms with Gasteiger partial charge in [-0.3, -0.25) is 14.5 Å². The van der Waals surface area contributed by atoms with E-state index in [1.165, 1.54) is 0 Å². The summed E-state index contributed by atoms with van der Waals surface area (Å²) >= 11 is 6.08. The number of benzene rings is 2. The molecule has 2 aromatic carbocycles. The van der Waals surface area contributed by atoms with E-state index >= 15 is 0 Å². The number of carbonyl (C=O) groups excluding carboxylic acids is 2. The van der Waals surface area contributed by atoms with Crippen LogP contribution in [-0.2, 0) is 14.3 Å². The number of aliphatic hydroxyl groups is 1. The highest BCUT2D eigenvalue weighted by Crippen LogP contribution is 2.40. The van der Waals surface area contributed by atoms with Crippen LogP contribution in [-0.4, -0.2) is 66.0 Å². The first kappa shape index (κ1) is 22.5. The van der Waals surface area contributed by atoms with Gasteiger partial charge in [0.05, 0.1) is 24.8 Å². The van der Waals surface area contributed by atoms with Crippen LogP contribution in [0.15, 0.2) is 48.0 Å². The van der Waals surface area contributed by atoms with E-state index < -0.39 is 17.7 Å². The number of rotatable bonds is 5. The molecule has 0 radical (unpaired) electrons. The van der Waals surface area contributed by atoms with Crippen molar-refractivity contribution in [1.82, 2.24) is 9.80 Å². The van der Waals surface area contributed by atoms with Crippen LogP contribution in [0.3, 0.4) is 0 Å². The predicted octanol–water partition coefficient (Wildman–Crippen LogP) is 3.71. The molecule has 0 bridgehead atoms. The van der Waals surface area contributed by atoms with Crippen molar-refractivity contribution in [3.05, 3.63) is 75.3 Å². The average Bonchev–Trinajstić information content (AvgIpc) is 3.05. The minimum absolute atomic E-state index is 0.119. The van der Waals surface area contributed by atoms with E-state index in [0.717, 1.165) is 29.8 Å². The summed E-state index contributed by atoms with van der Waals surface area (Å²) in [6.07, 6.45) is 0. The van der Waals surface area contributed by atoms with Gasteiger partial charge in [0.25, 0.3) is 11.7 Å². The molecule has 4 rings (SSSR count). The van der Waals surface area contributed by atoms with Gasteiger partial charge in [-0.15, -0.1) is 0 Å². The SMILES string of the molecule is Cc1ccc(C)c(C(O)=C2C(=O)C(=O)N(CCN3CCOCC3)C2c2ccc(Cl)cc2)c1. The van der Waals surface area contributed by atoms with Gasteiger partial charge < -0.3 is 14.7 Å². The van der Waals surface area contributed by atoms with Crippen LogP contribution in [0, 0.1) is 13.8 Å². The molecule has 1 unspecified atom stereocenters. The number of Topliss-reactive ketones (excluding diaryl/α,β-unsaturated/α-hetero) is 1. The summed E-state index contributed by atoms with van der Waals surface area (Å²) in [5.41, 5.74) is 3.22. The molecule has 2 aliphatic rings. The number of halogens is 1. The van der Waals surface area contributed by atoms with Crippen LogP contribution in [0.2, 0.25) is 5.02 Å². The van der Waals surface area contributed by atoms with Crippen molar-refractivity contribution >= 4 is 29.1 Å². The Balaban J connectivity index is 1.76. The molecule has 0 aliphatic carbocycles. The maximum Gasteiger partial charge on any atom is 0.295 e. The van der Waals surface area contributed by atoms with Crippen molar-refractivity contribution < 1.29 is 19.4 Å². The van der Waals surface area contributed by atoms with Crippen molar-refractivity contribution in [3.8, 4) is 0 Å². The molecule has 2 fully saturated rings. The molecule has 0 spiro atoms. The van der Waals surface area contributed by atoms with Gasteiger partial charge in [0, 0.05) is 36.8 Å². The average molecular weight is 455 g/mol. The number of morpholine rings is 1. The molecule has 2 saturated heterocycles. The lowest BCUT2D eigenvalue weighted by atomic mass is 9.93. The van der Waals surface area contributed by atoms with Crippen LogP contribution in [0.5, 0.6) is 0 Å². The Labute approximate surface area is 193 Å². The fraction of sp³-hybridized carbons (Fsp3) is 0.360. The van der Waals surface area contributed by atoms with Crippen LogP contribution >= 0.6 is 11.6 Å². The van der Waals surface area contributed by atoms with E-state index in [9.17, 15) is 14.7 Å². The van der Waals surface area contributed by atoms with E-state index in [2.05, 4.69) is 4.90 Å². The molecule has 0 saturated carbocycles. The fourth-order valence-corrected chi connectivity index (χ4v) is 4.44. The molecule has 32 heavy (non-hydrogen) atoms. The Hall–Kier alpha value is -2.67. The van der Waals surface area contributed by atoms with E-state index in [1.54, 1.807) is 29.2 Å². The van der Waals surface area contributed by atoms with Gasteiger partial charge in [-0.2, -0.15) is 0 Å². The summed E-state index contributed by atoms with van der Waals surface area (Å²) in [4.78, 5) is 30.0. The molecule has 0 aromatic heterocycles. The summed E-state index contributed by atoms with van der Waals surface area (Å²) in [5, 5.41) is 11.8. The molecule has 6 nitrogen and oxygen atoms in total. The number of hydrogen-bond acceptors (Lipinski definition) is 5. The van der Waals surface area contributed by atoms with E-state index in [4.69, 9.17) is 16.3 Å². The summed E-state index contributed by atoms with van der Waals surface area (Å²) in [5.74, 6) is -1.39. The quantitative estimate of drug-likeness (QED) is 0.423. The van der Waals surface area contributed by atoms with Crippen molar-refractivity contribution in [2.24, 2.45) is 0 Å². The van der Waals surface area contributed by atoms with Gasteiger partial charge >= 0.3 is 0 Å². The molecule has 1 amide bonds. The Morgan fingerprint density at radius 2 is 1.75 bits per heavy atom. The number of amides is 1. The number of carbonyl (C=O) groups is 2. The van der Waals surface area contributed by atoms with Gasteiger partial charge in [-0.25, -0.2) is 0 Å². The topological polar surface area (TPSA) is 70.1 Å². The summed E-state index contributed by atoms with van der Waals surface area (Å²) in [7, 11) is 0. The Morgan fingerprint density at radius 1 is 1.06 bits per heavy atom. The monoisotopic (exact) mass is 454 g/mol. The van der Waals surface area contributed by atoms with Crippen LogP contribution < -0.4 is 0 Å². The number of ether oxygens (including phenoxy) is 1. The second-order valence-corrected chi connectivity index (χ2v) is 8.75. The molecule has 1 N–H and O–H groups in total. The second-order valence-electron chi connectivity index (χ2n) is 8.32. The molecule has 1 atom stereocenters. The van der Waals surface area contributed by atoms with Crippen molar-refractivity contribution in [2.45, 2.75) is 19.9 Å². The first-order chi connectivity index (χ1) is 15.4. The molecule has 2 heterocycles. The number of nitrogens with zero attached hydrogens (tertiary/aromatic N) is 2. The van der Waals surface area contributed by atoms with E-state index in [1.807, 2.05) is 32.0 Å². The Morgan fingerprint density at radius 3 is 2.44 bits per heavy atom. The highest BCUT2D eigenvalue weighted by atomic mass is 35.5. The minimum atomic E-state index is -0.673. The van der Waals surface area contributed by atoms with Crippen LogP contribution in [0.1, 0.15) is 28.3 Å². The van der Waals surface area contributed by atoms with Crippen LogP contribution in [0.4, 0.5) is 0 Å². The van der Waals surface area contributed by atoms with Crippen molar-refractivity contribution in [1.29, 1.82) is 0 Å². The summed E-state index contributed by atoms with van der Waals surface area (Å²) in [6.45, 7) is 7.70. The first-order valence-corrected chi connectivity index (χ1v) is 11.2. The molecule has 7 heteroatoms. The largest absolute Gasteiger partial charge is 0.507 e. The summed E-state index contributed by atoms with van der Waals surface area (Å²) < 4.78 is 5.40. The van der Waals surface area contributed by atoms with Crippen molar-refractivity contribution in [2.75, 3.05) is 39.4 Å². The van der Waals surface area contributed by atoms with Gasteiger partial charge in [0.15, 0.2) is 0 Å². The number of likely N-dealkylation sites (tertiary alicyclic amines) is 1. The molecular formula is C25H27ClN2O4. The zero-order valence-corrected chi connectivity index (χ0v) is 19.1. The maximum atomic E-state index is 13.2. The van der Waals surface area contributed by atoms with Gasteiger partial charge in [-0.05, 0) is 43.2 Å². The molecule has 2 aromatic rings. The lowest BCUT2D eigenvalue weighted by Crippen LogP contribution is -2.42. The lowest BCUT2D eigenvalue weighted by molar-refractivity contribution is -0.140. The normalized spacial score (nSPS) is 21.3. The zero-order valence-electron chi connectivity index (χ0n) is 18.3. The molecule has 2 aliphatic heterocycles. The second kappa shape index (κ2) is 9.45. The number of hydrogen-bond donors (Lipinski definition) is 1. The van der Waals surface area contributed by atoms with Gasteiger partial charge in [0.1, 0.15) is 5.76 Å². The third-order valence-corrected chi connectivity index (χ3v) is 6.39.